The van der Waals surface area contributed by atoms with Gasteiger partial charge in [-0.1, -0.05) is 6.07 Å². The fourth-order valence-electron chi connectivity index (χ4n) is 1.69. The number of anilines is 2. The van der Waals surface area contributed by atoms with Gasteiger partial charge in [0.2, 0.25) is 0 Å². The summed E-state index contributed by atoms with van der Waals surface area (Å²) in [7, 11) is 0. The predicted molar refractivity (Wildman–Crippen MR) is 74.7 cm³/mol. The van der Waals surface area contributed by atoms with Crippen LogP contribution < -0.4 is 11.1 Å². The monoisotopic (exact) mass is 251 g/mol. The van der Waals surface area contributed by atoms with E-state index in [2.05, 4.69) is 5.32 Å². The maximum atomic E-state index is 12.0. The Morgan fingerprint density at radius 1 is 1.21 bits per heavy atom. The number of aryl methyl sites for hydroxylation is 1. The third kappa shape index (κ3) is 2.90. The van der Waals surface area contributed by atoms with E-state index in [1.54, 1.807) is 36.4 Å². The van der Waals surface area contributed by atoms with E-state index in [1.165, 1.54) is 0 Å². The maximum Gasteiger partial charge on any atom is 0.255 e. The van der Waals surface area contributed by atoms with Crippen molar-refractivity contribution < 1.29 is 4.79 Å². The number of carbonyl (C=O) groups is 1. The van der Waals surface area contributed by atoms with Gasteiger partial charge in [0.15, 0.2) is 0 Å². The van der Waals surface area contributed by atoms with E-state index >= 15 is 0 Å². The SMILES string of the molecule is Cc1ccc(NC(=O)c2ccc(C#N)cc2)c(N)c1. The molecule has 0 saturated heterocycles. The molecule has 0 spiro atoms. The summed E-state index contributed by atoms with van der Waals surface area (Å²) < 4.78 is 0. The van der Waals surface area contributed by atoms with E-state index < -0.39 is 0 Å². The topological polar surface area (TPSA) is 78.9 Å². The van der Waals surface area contributed by atoms with Gasteiger partial charge in [0, 0.05) is 5.56 Å². The summed E-state index contributed by atoms with van der Waals surface area (Å²) in [6.45, 7) is 1.93. The van der Waals surface area contributed by atoms with Gasteiger partial charge in [-0.05, 0) is 48.9 Å². The first kappa shape index (κ1) is 12.7. The van der Waals surface area contributed by atoms with Crippen molar-refractivity contribution >= 4 is 17.3 Å². The van der Waals surface area contributed by atoms with Crippen LogP contribution in [0.15, 0.2) is 42.5 Å². The maximum absolute atomic E-state index is 12.0. The molecule has 0 aliphatic carbocycles. The van der Waals surface area contributed by atoms with Crippen LogP contribution in [-0.2, 0) is 0 Å². The molecule has 0 aliphatic heterocycles. The van der Waals surface area contributed by atoms with Gasteiger partial charge < -0.3 is 11.1 Å². The standard InChI is InChI=1S/C15H13N3O/c1-10-2-7-14(13(17)8-10)18-15(19)12-5-3-11(9-16)4-6-12/h2-8H,17H2,1H3,(H,18,19). The van der Waals surface area contributed by atoms with Crippen LogP contribution in [0.2, 0.25) is 0 Å². The normalized spacial score (nSPS) is 9.68. The number of nitrogens with one attached hydrogen (secondary N) is 1. The van der Waals surface area contributed by atoms with Crippen molar-refractivity contribution in [3.8, 4) is 6.07 Å². The molecular formula is C15H13N3O. The Hall–Kier alpha value is -2.80. The van der Waals surface area contributed by atoms with Crippen molar-refractivity contribution in [2.45, 2.75) is 6.92 Å². The van der Waals surface area contributed by atoms with Crippen molar-refractivity contribution in [3.63, 3.8) is 0 Å². The molecule has 19 heavy (non-hydrogen) atoms. The largest absolute Gasteiger partial charge is 0.397 e. The fourth-order valence-corrected chi connectivity index (χ4v) is 1.69. The lowest BCUT2D eigenvalue weighted by Crippen LogP contribution is -2.13. The Morgan fingerprint density at radius 3 is 2.47 bits per heavy atom. The average molecular weight is 251 g/mol. The minimum absolute atomic E-state index is 0.250. The number of nitrogens with two attached hydrogens (primary N) is 1. The van der Waals surface area contributed by atoms with Crippen molar-refractivity contribution in [2.75, 3.05) is 11.1 Å². The molecule has 0 bridgehead atoms. The second-order valence-corrected chi connectivity index (χ2v) is 4.23. The summed E-state index contributed by atoms with van der Waals surface area (Å²) in [5, 5.41) is 11.4. The van der Waals surface area contributed by atoms with Crippen molar-refractivity contribution in [1.29, 1.82) is 5.26 Å². The molecular weight excluding hydrogens is 238 g/mol. The number of benzene rings is 2. The number of nitriles is 1. The molecule has 94 valence electrons. The highest BCUT2D eigenvalue weighted by molar-refractivity contribution is 6.05. The van der Waals surface area contributed by atoms with Crippen LogP contribution in [0.1, 0.15) is 21.5 Å². The first-order valence-corrected chi connectivity index (χ1v) is 5.78. The van der Waals surface area contributed by atoms with Crippen LogP contribution in [0.4, 0.5) is 11.4 Å². The lowest BCUT2D eigenvalue weighted by Gasteiger charge is -2.08. The molecule has 0 aromatic heterocycles. The third-order valence-electron chi connectivity index (χ3n) is 2.73. The van der Waals surface area contributed by atoms with Gasteiger partial charge in [-0.3, -0.25) is 4.79 Å². The summed E-state index contributed by atoms with van der Waals surface area (Å²) in [6, 6.07) is 13.9. The zero-order chi connectivity index (χ0) is 13.8. The number of amides is 1. The van der Waals surface area contributed by atoms with Crippen LogP contribution in [0.5, 0.6) is 0 Å². The van der Waals surface area contributed by atoms with E-state index in [1.807, 2.05) is 19.1 Å². The number of rotatable bonds is 2. The van der Waals surface area contributed by atoms with Crippen LogP contribution in [0, 0.1) is 18.3 Å². The van der Waals surface area contributed by atoms with E-state index in [9.17, 15) is 4.79 Å². The number of hydrogen-bond acceptors (Lipinski definition) is 3. The molecule has 0 heterocycles. The molecule has 0 fully saturated rings. The Morgan fingerprint density at radius 2 is 1.89 bits per heavy atom. The second kappa shape index (κ2) is 5.23. The summed E-state index contributed by atoms with van der Waals surface area (Å²) in [4.78, 5) is 12.0. The molecule has 0 atom stereocenters. The highest BCUT2D eigenvalue weighted by atomic mass is 16.1. The molecule has 4 nitrogen and oxygen atoms in total. The summed E-state index contributed by atoms with van der Waals surface area (Å²) in [5.74, 6) is -0.250. The molecule has 1 amide bonds. The molecule has 0 saturated carbocycles. The summed E-state index contributed by atoms with van der Waals surface area (Å²) in [6.07, 6.45) is 0. The zero-order valence-electron chi connectivity index (χ0n) is 10.5. The Kier molecular flexibility index (Phi) is 3.48. The van der Waals surface area contributed by atoms with Crippen LogP contribution >= 0.6 is 0 Å². The van der Waals surface area contributed by atoms with E-state index in [0.29, 0.717) is 22.5 Å². The quantitative estimate of drug-likeness (QED) is 0.805. The Labute approximate surface area is 111 Å². The first-order valence-electron chi connectivity index (χ1n) is 5.78. The minimum atomic E-state index is -0.250. The fraction of sp³-hybridized carbons (Fsp3) is 0.0667. The summed E-state index contributed by atoms with van der Waals surface area (Å²) >= 11 is 0. The number of nitrogens with zero attached hydrogens (tertiary/aromatic N) is 1. The third-order valence-corrected chi connectivity index (χ3v) is 2.73. The average Bonchev–Trinajstić information content (AvgIpc) is 2.42. The second-order valence-electron chi connectivity index (χ2n) is 4.23. The molecule has 4 heteroatoms. The highest BCUT2D eigenvalue weighted by Crippen LogP contribution is 2.20. The van der Waals surface area contributed by atoms with Crippen molar-refractivity contribution in [3.05, 3.63) is 59.2 Å². The number of hydrogen-bond donors (Lipinski definition) is 2. The van der Waals surface area contributed by atoms with Crippen molar-refractivity contribution in [1.82, 2.24) is 0 Å². The van der Waals surface area contributed by atoms with Gasteiger partial charge in [-0.25, -0.2) is 0 Å². The van der Waals surface area contributed by atoms with Gasteiger partial charge in [-0.2, -0.15) is 5.26 Å². The van der Waals surface area contributed by atoms with Gasteiger partial charge >= 0.3 is 0 Å². The predicted octanol–water partition coefficient (Wildman–Crippen LogP) is 2.70. The highest BCUT2D eigenvalue weighted by Gasteiger charge is 2.08. The first-order chi connectivity index (χ1) is 9.10. The van der Waals surface area contributed by atoms with Gasteiger partial charge in [0.05, 0.1) is 23.0 Å². The Balaban J connectivity index is 2.18. The van der Waals surface area contributed by atoms with E-state index in [-0.39, 0.29) is 5.91 Å². The molecule has 0 radical (unpaired) electrons. The molecule has 3 N–H and O–H groups in total. The summed E-state index contributed by atoms with van der Waals surface area (Å²) in [5.41, 5.74) is 8.99. The van der Waals surface area contributed by atoms with Crippen molar-refractivity contribution in [2.24, 2.45) is 0 Å². The van der Waals surface area contributed by atoms with Gasteiger partial charge in [-0.15, -0.1) is 0 Å². The molecule has 2 aromatic rings. The van der Waals surface area contributed by atoms with Gasteiger partial charge in [0.25, 0.3) is 5.91 Å². The number of carbonyl (C=O) groups excluding carboxylic acids is 1. The lowest BCUT2D eigenvalue weighted by molar-refractivity contribution is 0.102. The van der Waals surface area contributed by atoms with E-state index in [0.717, 1.165) is 5.56 Å². The van der Waals surface area contributed by atoms with E-state index in [4.69, 9.17) is 11.0 Å². The molecule has 2 rings (SSSR count). The van der Waals surface area contributed by atoms with Crippen LogP contribution in [0.25, 0.3) is 0 Å². The number of nitrogen functional groups attached to an aromatic ring is 1. The molecule has 0 unspecified atom stereocenters. The van der Waals surface area contributed by atoms with Crippen LogP contribution in [0.3, 0.4) is 0 Å². The smallest absolute Gasteiger partial charge is 0.255 e. The van der Waals surface area contributed by atoms with Crippen LogP contribution in [-0.4, -0.2) is 5.91 Å². The molecule has 0 aliphatic rings. The molecule has 2 aromatic carbocycles. The zero-order valence-corrected chi connectivity index (χ0v) is 10.5. The van der Waals surface area contributed by atoms with Gasteiger partial charge in [0.1, 0.15) is 0 Å². The lowest BCUT2D eigenvalue weighted by atomic mass is 10.1. The minimum Gasteiger partial charge on any atom is -0.397 e. The Bertz CT molecular complexity index is 654.